The summed E-state index contributed by atoms with van der Waals surface area (Å²) in [7, 11) is 0. The second-order valence-electron chi connectivity index (χ2n) is 3.48. The molecule has 0 aliphatic heterocycles. The minimum atomic E-state index is -0.391. The van der Waals surface area contributed by atoms with E-state index in [1.165, 1.54) is 4.88 Å². The van der Waals surface area contributed by atoms with Crippen molar-refractivity contribution >= 4 is 27.3 Å². The van der Waals surface area contributed by atoms with Gasteiger partial charge >= 0.3 is 0 Å². The normalized spacial score (nSPS) is 13.0. The zero-order valence-corrected chi connectivity index (χ0v) is 10.8. The summed E-state index contributed by atoms with van der Waals surface area (Å²) in [4.78, 5) is 1.29. The van der Waals surface area contributed by atoms with Crippen molar-refractivity contribution in [3.63, 3.8) is 0 Å². The Bertz CT molecular complexity index is 447. The number of nitrogens with zero attached hydrogens (tertiary/aromatic N) is 1. The Morgan fingerprint density at radius 2 is 2.33 bits per heavy atom. The van der Waals surface area contributed by atoms with Crippen LogP contribution in [-0.4, -0.2) is 9.67 Å². The zero-order chi connectivity index (χ0) is 10.8. The average molecular weight is 286 g/mol. The molecule has 2 aromatic rings. The Hall–Kier alpha value is -0.580. The van der Waals surface area contributed by atoms with Gasteiger partial charge in [0.25, 0.3) is 0 Å². The van der Waals surface area contributed by atoms with Gasteiger partial charge < -0.3 is 9.67 Å². The van der Waals surface area contributed by atoms with E-state index >= 15 is 0 Å². The van der Waals surface area contributed by atoms with Gasteiger partial charge in [0.05, 0.1) is 12.6 Å². The topological polar surface area (TPSA) is 25.2 Å². The predicted molar refractivity (Wildman–Crippen MR) is 66.2 cm³/mol. The molecule has 80 valence electrons. The first-order valence-corrected chi connectivity index (χ1v) is 6.39. The van der Waals surface area contributed by atoms with Gasteiger partial charge in [-0.1, -0.05) is 0 Å². The summed E-state index contributed by atoms with van der Waals surface area (Å²) in [5, 5.41) is 11.5. The molecule has 0 spiro atoms. The van der Waals surface area contributed by atoms with E-state index in [2.05, 4.69) is 31.9 Å². The van der Waals surface area contributed by atoms with Crippen LogP contribution in [0.4, 0.5) is 0 Å². The van der Waals surface area contributed by atoms with Crippen LogP contribution in [-0.2, 0) is 6.54 Å². The smallest absolute Gasteiger partial charge is 0.0776 e. The Morgan fingerprint density at radius 3 is 2.87 bits per heavy atom. The first-order valence-electron chi connectivity index (χ1n) is 4.72. The van der Waals surface area contributed by atoms with Gasteiger partial charge in [-0.3, -0.25) is 0 Å². The molecule has 0 saturated carbocycles. The van der Waals surface area contributed by atoms with Gasteiger partial charge in [-0.05, 0) is 45.9 Å². The maximum absolute atomic E-state index is 9.40. The van der Waals surface area contributed by atoms with Crippen LogP contribution >= 0.6 is 27.3 Å². The summed E-state index contributed by atoms with van der Waals surface area (Å²) in [5.74, 6) is 0. The highest BCUT2D eigenvalue weighted by atomic mass is 79.9. The fourth-order valence-electron chi connectivity index (χ4n) is 1.41. The van der Waals surface area contributed by atoms with Crippen molar-refractivity contribution in [3.8, 4) is 0 Å². The van der Waals surface area contributed by atoms with Crippen molar-refractivity contribution in [2.24, 2.45) is 0 Å². The zero-order valence-electron chi connectivity index (χ0n) is 8.35. The van der Waals surface area contributed by atoms with Gasteiger partial charge in [-0.25, -0.2) is 0 Å². The van der Waals surface area contributed by atoms with Crippen molar-refractivity contribution in [1.29, 1.82) is 0 Å². The quantitative estimate of drug-likeness (QED) is 0.919. The van der Waals surface area contributed by atoms with E-state index in [0.29, 0.717) is 0 Å². The lowest BCUT2D eigenvalue weighted by atomic mass is 10.2. The van der Waals surface area contributed by atoms with Gasteiger partial charge in [0.1, 0.15) is 0 Å². The molecule has 4 heteroatoms. The predicted octanol–water partition coefficient (Wildman–Crippen LogP) is 3.41. The number of halogens is 1. The van der Waals surface area contributed by atoms with E-state index in [0.717, 1.165) is 16.6 Å². The molecule has 0 aliphatic carbocycles. The molecule has 0 saturated heterocycles. The number of rotatable bonds is 3. The van der Waals surface area contributed by atoms with E-state index in [4.69, 9.17) is 0 Å². The van der Waals surface area contributed by atoms with E-state index in [1.54, 1.807) is 18.3 Å². The second kappa shape index (κ2) is 4.51. The maximum atomic E-state index is 9.40. The fourth-order valence-corrected chi connectivity index (χ4v) is 2.89. The molecule has 2 nitrogen and oxygen atoms in total. The van der Waals surface area contributed by atoms with Crippen LogP contribution < -0.4 is 0 Å². The number of aliphatic hydroxyl groups is 1. The minimum Gasteiger partial charge on any atom is -0.389 e. The molecular formula is C11H12BrNOS. The van der Waals surface area contributed by atoms with Crippen molar-refractivity contribution in [2.45, 2.75) is 19.6 Å². The van der Waals surface area contributed by atoms with Gasteiger partial charge in [-0.2, -0.15) is 0 Å². The Labute approximate surface area is 101 Å². The molecule has 2 heterocycles. The van der Waals surface area contributed by atoms with E-state index in [-0.39, 0.29) is 0 Å². The molecule has 0 amide bonds. The Balaban J connectivity index is 2.15. The fraction of sp³-hybridized carbons (Fsp3) is 0.273. The lowest BCUT2D eigenvalue weighted by Gasteiger charge is -2.02. The van der Waals surface area contributed by atoms with Crippen molar-refractivity contribution < 1.29 is 5.11 Å². The highest BCUT2D eigenvalue weighted by Gasteiger charge is 2.05. The van der Waals surface area contributed by atoms with Gasteiger partial charge in [0.2, 0.25) is 0 Å². The average Bonchev–Trinajstić information content (AvgIpc) is 2.77. The molecule has 0 bridgehead atoms. The molecular weight excluding hydrogens is 274 g/mol. The summed E-state index contributed by atoms with van der Waals surface area (Å²) in [6.07, 6.45) is 3.59. The molecule has 1 atom stereocenters. The summed E-state index contributed by atoms with van der Waals surface area (Å²) in [6, 6.07) is 4.01. The standard InChI is InChI=1S/C11H12BrNOS/c1-8(14)9-2-4-13(6-9)7-11-10(12)3-5-15-11/h2-6,8,14H,7H2,1H3. The molecule has 2 aromatic heterocycles. The number of aromatic nitrogens is 1. The SMILES string of the molecule is CC(O)c1ccn(Cc2sccc2Br)c1. The molecule has 0 fully saturated rings. The molecule has 0 aromatic carbocycles. The number of hydrogen-bond donors (Lipinski definition) is 1. The molecule has 0 radical (unpaired) electrons. The van der Waals surface area contributed by atoms with Gasteiger partial charge in [-0.15, -0.1) is 11.3 Å². The molecule has 15 heavy (non-hydrogen) atoms. The summed E-state index contributed by atoms with van der Waals surface area (Å²) >= 11 is 5.24. The van der Waals surface area contributed by atoms with Gasteiger partial charge in [0.15, 0.2) is 0 Å². The minimum absolute atomic E-state index is 0.391. The summed E-state index contributed by atoms with van der Waals surface area (Å²) in [6.45, 7) is 2.63. The highest BCUT2D eigenvalue weighted by molar-refractivity contribution is 9.10. The van der Waals surface area contributed by atoms with Crippen molar-refractivity contribution in [3.05, 3.63) is 44.8 Å². The third-order valence-corrected chi connectivity index (χ3v) is 4.18. The first kappa shape index (κ1) is 10.9. The van der Waals surface area contributed by atoms with Crippen LogP contribution in [0, 0.1) is 0 Å². The lowest BCUT2D eigenvalue weighted by molar-refractivity contribution is 0.199. The van der Waals surface area contributed by atoms with E-state index in [9.17, 15) is 5.11 Å². The van der Waals surface area contributed by atoms with Crippen molar-refractivity contribution in [1.82, 2.24) is 4.57 Å². The number of hydrogen-bond acceptors (Lipinski definition) is 2. The van der Waals surface area contributed by atoms with Crippen LogP contribution in [0.1, 0.15) is 23.5 Å². The third kappa shape index (κ3) is 2.51. The number of aliphatic hydroxyl groups excluding tert-OH is 1. The lowest BCUT2D eigenvalue weighted by Crippen LogP contribution is -1.95. The van der Waals surface area contributed by atoms with Crippen LogP contribution in [0.5, 0.6) is 0 Å². The molecule has 0 aliphatic rings. The molecule has 2 rings (SSSR count). The molecule has 1 unspecified atom stereocenters. The molecule has 1 N–H and O–H groups in total. The monoisotopic (exact) mass is 285 g/mol. The largest absolute Gasteiger partial charge is 0.389 e. The van der Waals surface area contributed by atoms with Crippen LogP contribution in [0.2, 0.25) is 0 Å². The van der Waals surface area contributed by atoms with Crippen molar-refractivity contribution in [2.75, 3.05) is 0 Å². The summed E-state index contributed by atoms with van der Waals surface area (Å²) < 4.78 is 3.23. The maximum Gasteiger partial charge on any atom is 0.0776 e. The van der Waals surface area contributed by atoms with Crippen LogP contribution in [0.25, 0.3) is 0 Å². The second-order valence-corrected chi connectivity index (χ2v) is 5.34. The van der Waals surface area contributed by atoms with E-state index in [1.807, 2.05) is 18.5 Å². The Morgan fingerprint density at radius 1 is 1.53 bits per heavy atom. The first-order chi connectivity index (χ1) is 7.16. The van der Waals surface area contributed by atoms with Crippen LogP contribution in [0.3, 0.4) is 0 Å². The summed E-state index contributed by atoms with van der Waals surface area (Å²) in [5.41, 5.74) is 0.961. The Kier molecular flexibility index (Phi) is 3.29. The van der Waals surface area contributed by atoms with E-state index < -0.39 is 6.10 Å². The van der Waals surface area contributed by atoms with Crippen LogP contribution in [0.15, 0.2) is 34.4 Å². The third-order valence-electron chi connectivity index (χ3n) is 2.27. The number of thiophene rings is 1. The highest BCUT2D eigenvalue weighted by Crippen LogP contribution is 2.24. The van der Waals surface area contributed by atoms with Gasteiger partial charge in [0, 0.05) is 21.7 Å².